The number of rotatable bonds is 11. The first-order valence-corrected chi connectivity index (χ1v) is 14.2. The Hall–Kier alpha value is -3.43. The summed E-state index contributed by atoms with van der Waals surface area (Å²) in [7, 11) is 2.89. The maximum absolute atomic E-state index is 15.2. The van der Waals surface area contributed by atoms with Gasteiger partial charge < -0.3 is 34.1 Å². The fraction of sp³-hybridized carbons (Fsp3) is 0.333. The number of alkyl halides is 3. The van der Waals surface area contributed by atoms with Crippen LogP contribution < -0.4 is 29.9 Å². The van der Waals surface area contributed by atoms with Crippen molar-refractivity contribution in [3.63, 3.8) is 0 Å². The topological polar surface area (TPSA) is 137 Å². The Balaban J connectivity index is 1.65. The minimum absolute atomic E-state index is 0.109. The number of anilines is 1. The van der Waals surface area contributed by atoms with Gasteiger partial charge in [-0.2, -0.15) is 4.98 Å². The molecule has 1 saturated heterocycles. The third kappa shape index (κ3) is 6.41. The number of aromatic nitrogens is 2. The van der Waals surface area contributed by atoms with E-state index in [4.69, 9.17) is 45.3 Å². The zero-order valence-corrected chi connectivity index (χ0v) is 23.1. The highest BCUT2D eigenvalue weighted by molar-refractivity contribution is 8.07. The summed E-state index contributed by atoms with van der Waals surface area (Å²) >= 11 is 5.48. The van der Waals surface area contributed by atoms with Gasteiger partial charge in [-0.05, 0) is 48.5 Å². The number of halogens is 4. The van der Waals surface area contributed by atoms with Gasteiger partial charge in [0.25, 0.3) is 6.43 Å². The van der Waals surface area contributed by atoms with Crippen LogP contribution in [0.25, 0.3) is 0 Å². The van der Waals surface area contributed by atoms with Gasteiger partial charge in [-0.25, -0.2) is 22.4 Å². The number of aliphatic hydroxyl groups is 1. The lowest BCUT2D eigenvalue weighted by atomic mass is 9.97. The highest BCUT2D eigenvalue weighted by atomic mass is 32.5. The second-order valence-electron chi connectivity index (χ2n) is 8.57. The Bertz CT molecular complexity index is 1410. The maximum atomic E-state index is 15.2. The van der Waals surface area contributed by atoms with Crippen LogP contribution in [0, 0.1) is 5.82 Å². The van der Waals surface area contributed by atoms with E-state index in [-0.39, 0.29) is 16.1 Å². The van der Waals surface area contributed by atoms with Gasteiger partial charge in [0, 0.05) is 11.8 Å². The third-order valence-corrected chi connectivity index (χ3v) is 8.07. The van der Waals surface area contributed by atoms with E-state index in [1.165, 1.54) is 62.8 Å². The van der Waals surface area contributed by atoms with Gasteiger partial charge in [0.05, 0.1) is 27.0 Å². The number of benzene rings is 2. The summed E-state index contributed by atoms with van der Waals surface area (Å²) in [4.78, 5) is 15.4. The number of nitrogen functional groups attached to an aromatic ring is 1. The van der Waals surface area contributed by atoms with E-state index < -0.39 is 61.2 Å². The molecule has 1 fully saturated rings. The molecule has 222 valence electrons. The first kappa shape index (κ1) is 30.5. The summed E-state index contributed by atoms with van der Waals surface area (Å²) in [6.45, 7) is -5.32. The van der Waals surface area contributed by atoms with Crippen LogP contribution in [0.2, 0.25) is 0 Å². The summed E-state index contributed by atoms with van der Waals surface area (Å²) in [5, 5.41) is 10.6. The van der Waals surface area contributed by atoms with Crippen molar-refractivity contribution < 1.29 is 50.5 Å². The lowest BCUT2D eigenvalue weighted by Gasteiger charge is -2.32. The van der Waals surface area contributed by atoms with Crippen LogP contribution in [-0.2, 0) is 21.1 Å². The SMILES string of the molecule is COc1ccc(OP(=S)(OCC2(C(F)F)OC(n3cc(F)c(N)nc3=O)C(F)C2O)Oc2ccc(OC)cc2)cc1. The normalized spacial score (nSPS) is 22.5. The van der Waals surface area contributed by atoms with Crippen LogP contribution in [-0.4, -0.2) is 59.8 Å². The minimum atomic E-state index is -4.06. The summed E-state index contributed by atoms with van der Waals surface area (Å²) in [5.41, 5.74) is 0.847. The molecule has 17 heteroatoms. The third-order valence-electron chi connectivity index (χ3n) is 5.99. The van der Waals surface area contributed by atoms with Gasteiger partial charge in [-0.1, -0.05) is 0 Å². The highest BCUT2D eigenvalue weighted by Crippen LogP contribution is 2.53. The molecule has 3 N–H and O–H groups in total. The Morgan fingerprint density at radius 1 is 1.07 bits per heavy atom. The average Bonchev–Trinajstić information content (AvgIpc) is 3.21. The molecular weight excluding hydrogens is 597 g/mol. The standard InChI is InChI=1S/C24H24F4N3O8PS/c1-34-13-3-7-15(8-4-13)38-40(41,39-16-9-5-14(35-2)6-10-16)36-12-24(22(27)28)19(32)18(26)21(37-24)31-11-17(25)20(29)30-23(31)33/h3-11,18-19,21-22,32H,12H2,1-2H3,(H2,29,30,33). The molecule has 2 aromatic carbocycles. The number of hydrogen-bond donors (Lipinski definition) is 2. The van der Waals surface area contributed by atoms with Crippen LogP contribution in [0.15, 0.2) is 59.5 Å². The summed E-state index contributed by atoms with van der Waals surface area (Å²) < 4.78 is 90.9. The fourth-order valence-electron chi connectivity index (χ4n) is 3.78. The largest absolute Gasteiger partial charge is 0.497 e. The van der Waals surface area contributed by atoms with Crippen molar-refractivity contribution in [2.24, 2.45) is 0 Å². The molecule has 0 amide bonds. The molecule has 0 saturated carbocycles. The van der Waals surface area contributed by atoms with Crippen LogP contribution >= 0.6 is 6.72 Å². The van der Waals surface area contributed by atoms with Crippen molar-refractivity contribution in [2.45, 2.75) is 30.5 Å². The zero-order valence-electron chi connectivity index (χ0n) is 21.4. The second-order valence-corrected chi connectivity index (χ2v) is 11.4. The van der Waals surface area contributed by atoms with Gasteiger partial charge in [-0.3, -0.25) is 9.09 Å². The van der Waals surface area contributed by atoms with Crippen molar-refractivity contribution in [3.05, 3.63) is 71.0 Å². The molecule has 0 radical (unpaired) electrons. The van der Waals surface area contributed by atoms with Gasteiger partial charge in [0.15, 0.2) is 29.6 Å². The van der Waals surface area contributed by atoms with E-state index in [9.17, 15) is 23.1 Å². The molecular formula is C24H24F4N3O8PS. The van der Waals surface area contributed by atoms with E-state index in [0.717, 1.165) is 0 Å². The van der Waals surface area contributed by atoms with E-state index >= 15 is 4.39 Å². The molecule has 1 aromatic heterocycles. The van der Waals surface area contributed by atoms with E-state index in [1.807, 2.05) is 0 Å². The smallest absolute Gasteiger partial charge is 0.435 e. The zero-order chi connectivity index (χ0) is 29.9. The molecule has 1 aliphatic rings. The maximum Gasteiger partial charge on any atom is 0.435 e. The Morgan fingerprint density at radius 2 is 1.56 bits per heavy atom. The first-order valence-electron chi connectivity index (χ1n) is 11.7. The van der Waals surface area contributed by atoms with E-state index in [0.29, 0.717) is 17.7 Å². The number of nitrogens with zero attached hydrogens (tertiary/aromatic N) is 2. The Morgan fingerprint density at radius 3 is 2.02 bits per heavy atom. The van der Waals surface area contributed by atoms with Gasteiger partial charge >= 0.3 is 12.4 Å². The highest BCUT2D eigenvalue weighted by Gasteiger charge is 2.62. The van der Waals surface area contributed by atoms with E-state index in [2.05, 4.69) is 4.98 Å². The molecule has 11 nitrogen and oxygen atoms in total. The molecule has 2 heterocycles. The average molecular weight is 622 g/mol. The van der Waals surface area contributed by atoms with Crippen molar-refractivity contribution in [3.8, 4) is 23.0 Å². The first-order chi connectivity index (χ1) is 19.4. The summed E-state index contributed by atoms with van der Waals surface area (Å²) in [6, 6.07) is 11.9. The predicted octanol–water partition coefficient (Wildman–Crippen LogP) is 3.61. The molecule has 3 aromatic rings. The van der Waals surface area contributed by atoms with E-state index in [1.54, 1.807) is 0 Å². The van der Waals surface area contributed by atoms with Crippen LogP contribution in [0.5, 0.6) is 23.0 Å². The molecule has 0 aliphatic carbocycles. The Kier molecular flexibility index (Phi) is 9.09. The fourth-order valence-corrected chi connectivity index (χ4v) is 5.72. The van der Waals surface area contributed by atoms with Gasteiger partial charge in [-0.15, -0.1) is 0 Å². The lowest BCUT2D eigenvalue weighted by Crippen LogP contribution is -2.52. The number of ether oxygens (including phenoxy) is 3. The van der Waals surface area contributed by atoms with Gasteiger partial charge in [0.1, 0.15) is 29.1 Å². The molecule has 41 heavy (non-hydrogen) atoms. The summed E-state index contributed by atoms with van der Waals surface area (Å²) in [5.74, 6) is -0.861. The number of aliphatic hydroxyl groups excluding tert-OH is 1. The number of methoxy groups -OCH3 is 2. The monoisotopic (exact) mass is 621 g/mol. The molecule has 0 spiro atoms. The lowest BCUT2D eigenvalue weighted by molar-refractivity contribution is -0.192. The summed E-state index contributed by atoms with van der Waals surface area (Å²) in [6.07, 6.45) is -10.6. The molecule has 1 aliphatic heterocycles. The van der Waals surface area contributed by atoms with Crippen molar-refractivity contribution in [1.82, 2.24) is 9.55 Å². The van der Waals surface area contributed by atoms with Crippen LogP contribution in [0.4, 0.5) is 23.4 Å². The molecule has 4 rings (SSSR count). The number of nitrogens with two attached hydrogens (primary N) is 1. The molecule has 0 bridgehead atoms. The van der Waals surface area contributed by atoms with Crippen molar-refractivity contribution in [1.29, 1.82) is 0 Å². The molecule has 4 unspecified atom stereocenters. The van der Waals surface area contributed by atoms with Gasteiger partial charge in [0.2, 0.25) is 0 Å². The van der Waals surface area contributed by atoms with Crippen LogP contribution in [0.3, 0.4) is 0 Å². The molecule has 4 atom stereocenters. The van der Waals surface area contributed by atoms with Crippen molar-refractivity contribution >= 4 is 24.3 Å². The van der Waals surface area contributed by atoms with Crippen LogP contribution in [0.1, 0.15) is 6.23 Å². The quantitative estimate of drug-likeness (QED) is 0.240. The minimum Gasteiger partial charge on any atom is -0.497 e. The van der Waals surface area contributed by atoms with Crippen molar-refractivity contribution in [2.75, 3.05) is 26.6 Å². The Labute approximate surface area is 235 Å². The number of hydrogen-bond acceptors (Lipinski definition) is 11. The predicted molar refractivity (Wildman–Crippen MR) is 140 cm³/mol. The second kappa shape index (κ2) is 12.2.